The number of nitro groups is 1. The number of hydrogen-bond acceptors (Lipinski definition) is 8. The van der Waals surface area contributed by atoms with E-state index in [4.69, 9.17) is 0 Å². The summed E-state index contributed by atoms with van der Waals surface area (Å²) in [6, 6.07) is 3.85. The van der Waals surface area contributed by atoms with Crippen molar-refractivity contribution in [3.05, 3.63) is 39.9 Å². The molecule has 1 heterocycles. The first kappa shape index (κ1) is 20.2. The Hall–Kier alpha value is -3.14. The highest BCUT2D eigenvalue weighted by molar-refractivity contribution is 6.04. The molecule has 1 aromatic rings. The minimum absolute atomic E-state index is 0.0742. The topological polar surface area (TPSA) is 153 Å². The number of non-ortho nitro benzene ring substituents is 1. The van der Waals surface area contributed by atoms with Crippen LogP contribution in [-0.2, 0) is 19.1 Å². The normalized spacial score (nSPS) is 20.6. The molecular weight excluding hydrogens is 360 g/mol. The summed E-state index contributed by atoms with van der Waals surface area (Å²) in [6.07, 6.45) is -1.62. The number of β-lactam (4-membered cyclic amide) rings is 1. The van der Waals surface area contributed by atoms with Gasteiger partial charge in [-0.25, -0.2) is 4.79 Å². The third kappa shape index (κ3) is 4.53. The molecule has 0 spiro atoms. The molecule has 1 aliphatic heterocycles. The van der Waals surface area contributed by atoms with Gasteiger partial charge in [0.2, 0.25) is 5.91 Å². The van der Waals surface area contributed by atoms with E-state index in [9.17, 15) is 34.4 Å². The summed E-state index contributed by atoms with van der Waals surface area (Å²) in [5.74, 6) is -4.51. The minimum Gasteiger partial charge on any atom is -0.393 e. The van der Waals surface area contributed by atoms with Crippen LogP contribution in [0, 0.1) is 22.0 Å². The lowest BCUT2D eigenvalue weighted by Crippen LogP contribution is -2.65. The standard InChI is InChI=1S/C17H18N2O8/c1-8(15-14(9(2)20)16(23)18-15)12(21)7-13(22)27-17(24)10-3-5-11(6-4-10)19(25)26/h3-6,8-9,14-15,20H,7H2,1-2H3,(H,18,23)/t8-,9+,14+,15+/m0/s1. The number of aliphatic hydroxyl groups excluding tert-OH is 1. The van der Waals surface area contributed by atoms with Crippen molar-refractivity contribution in [3.8, 4) is 0 Å². The fourth-order valence-corrected chi connectivity index (χ4v) is 2.79. The highest BCUT2D eigenvalue weighted by Crippen LogP contribution is 2.26. The van der Waals surface area contributed by atoms with Gasteiger partial charge in [-0.1, -0.05) is 6.92 Å². The van der Waals surface area contributed by atoms with E-state index in [1.807, 2.05) is 0 Å². The molecule has 27 heavy (non-hydrogen) atoms. The van der Waals surface area contributed by atoms with Crippen LogP contribution in [-0.4, -0.2) is 45.8 Å². The van der Waals surface area contributed by atoms with Gasteiger partial charge in [-0.05, 0) is 19.1 Å². The van der Waals surface area contributed by atoms with E-state index in [0.717, 1.165) is 24.3 Å². The van der Waals surface area contributed by atoms with Gasteiger partial charge in [0.1, 0.15) is 12.2 Å². The molecule has 1 aliphatic rings. The third-order valence-corrected chi connectivity index (χ3v) is 4.40. The molecule has 0 aliphatic carbocycles. The number of rotatable bonds is 7. The van der Waals surface area contributed by atoms with Gasteiger partial charge in [0, 0.05) is 18.1 Å². The summed E-state index contributed by atoms with van der Waals surface area (Å²) in [5, 5.41) is 22.7. The summed E-state index contributed by atoms with van der Waals surface area (Å²) < 4.78 is 4.58. The van der Waals surface area contributed by atoms with Crippen molar-refractivity contribution < 1.29 is 33.9 Å². The maximum absolute atomic E-state index is 12.2. The summed E-state index contributed by atoms with van der Waals surface area (Å²) in [4.78, 5) is 57.2. The molecule has 1 saturated heterocycles. The number of hydrogen-bond donors (Lipinski definition) is 2. The quantitative estimate of drug-likeness (QED) is 0.227. The van der Waals surface area contributed by atoms with Crippen molar-refractivity contribution in [3.63, 3.8) is 0 Å². The Morgan fingerprint density at radius 3 is 2.33 bits per heavy atom. The number of ether oxygens (including phenoxy) is 1. The maximum Gasteiger partial charge on any atom is 0.345 e. The van der Waals surface area contributed by atoms with Crippen molar-refractivity contribution >= 4 is 29.3 Å². The Morgan fingerprint density at radius 2 is 1.85 bits per heavy atom. The van der Waals surface area contributed by atoms with E-state index in [1.165, 1.54) is 13.8 Å². The molecular formula is C17H18N2O8. The van der Waals surface area contributed by atoms with Gasteiger partial charge in [-0.3, -0.25) is 24.5 Å². The molecule has 0 unspecified atom stereocenters. The molecule has 2 N–H and O–H groups in total. The van der Waals surface area contributed by atoms with Gasteiger partial charge in [0.15, 0.2) is 0 Å². The first-order valence-electron chi connectivity index (χ1n) is 8.12. The summed E-state index contributed by atoms with van der Waals surface area (Å²) >= 11 is 0. The number of aliphatic hydroxyl groups is 1. The first-order chi connectivity index (χ1) is 12.6. The van der Waals surface area contributed by atoms with Crippen LogP contribution in [0.5, 0.6) is 0 Å². The van der Waals surface area contributed by atoms with E-state index in [1.54, 1.807) is 0 Å². The molecule has 0 aromatic heterocycles. The van der Waals surface area contributed by atoms with Gasteiger partial charge >= 0.3 is 11.9 Å². The van der Waals surface area contributed by atoms with Crippen molar-refractivity contribution in [1.82, 2.24) is 5.32 Å². The Kier molecular flexibility index (Phi) is 6.01. The molecule has 144 valence electrons. The molecule has 1 aromatic carbocycles. The second-order valence-corrected chi connectivity index (χ2v) is 6.30. The van der Waals surface area contributed by atoms with Gasteiger partial charge in [0.25, 0.3) is 5.69 Å². The maximum atomic E-state index is 12.2. The average Bonchev–Trinajstić information content (AvgIpc) is 2.58. The predicted octanol–water partition coefficient (Wildman–Crippen LogP) is 0.369. The van der Waals surface area contributed by atoms with Crippen molar-refractivity contribution in [2.75, 3.05) is 0 Å². The number of nitrogens with zero attached hydrogens (tertiary/aromatic N) is 1. The van der Waals surface area contributed by atoms with Crippen LogP contribution in [0.3, 0.4) is 0 Å². The SMILES string of the molecule is C[C@@H](O)[C@H]1C(=O)N[C@@H]1[C@@H](C)C(=O)CC(=O)OC(=O)c1ccc([N+](=O)[O-])cc1. The largest absolute Gasteiger partial charge is 0.393 e. The minimum atomic E-state index is -1.07. The number of nitrogens with one attached hydrogen (secondary N) is 1. The summed E-state index contributed by atoms with van der Waals surface area (Å²) in [5.41, 5.74) is -0.299. The number of ketones is 1. The van der Waals surface area contributed by atoms with E-state index in [-0.39, 0.29) is 17.2 Å². The number of carbonyl (C=O) groups is 4. The lowest BCUT2D eigenvalue weighted by molar-refractivity contribution is -0.384. The van der Waals surface area contributed by atoms with Crippen LogP contribution >= 0.6 is 0 Å². The summed E-state index contributed by atoms with van der Waals surface area (Å²) in [6.45, 7) is 2.94. The smallest absolute Gasteiger partial charge is 0.345 e. The molecule has 10 heteroatoms. The van der Waals surface area contributed by atoms with Crippen molar-refractivity contribution in [2.24, 2.45) is 11.8 Å². The van der Waals surface area contributed by atoms with Gasteiger partial charge in [0.05, 0.1) is 28.6 Å². The van der Waals surface area contributed by atoms with E-state index in [2.05, 4.69) is 10.1 Å². The number of Topliss-reactive ketones (excluding diaryl/α,β-unsaturated/α-hetero) is 1. The number of nitro benzene ring substituents is 1. The van der Waals surface area contributed by atoms with Crippen LogP contribution in [0.25, 0.3) is 0 Å². The van der Waals surface area contributed by atoms with Crippen molar-refractivity contribution in [2.45, 2.75) is 32.4 Å². The highest BCUT2D eigenvalue weighted by Gasteiger charge is 2.47. The van der Waals surface area contributed by atoms with E-state index in [0.29, 0.717) is 0 Å². The zero-order valence-electron chi connectivity index (χ0n) is 14.6. The Bertz CT molecular complexity index is 787. The molecule has 4 atom stereocenters. The Balaban J connectivity index is 1.90. The molecule has 2 rings (SSSR count). The monoisotopic (exact) mass is 378 g/mol. The second kappa shape index (κ2) is 8.04. The highest BCUT2D eigenvalue weighted by atomic mass is 16.6. The van der Waals surface area contributed by atoms with Crippen molar-refractivity contribution in [1.29, 1.82) is 0 Å². The molecule has 0 bridgehead atoms. The van der Waals surface area contributed by atoms with Crippen LogP contribution in [0.4, 0.5) is 5.69 Å². The fraction of sp³-hybridized carbons (Fsp3) is 0.412. The van der Waals surface area contributed by atoms with Crippen LogP contribution in [0.2, 0.25) is 0 Å². The number of benzene rings is 1. The third-order valence-electron chi connectivity index (χ3n) is 4.40. The molecule has 10 nitrogen and oxygen atoms in total. The van der Waals surface area contributed by atoms with E-state index >= 15 is 0 Å². The van der Waals surface area contributed by atoms with Gasteiger partial charge in [-0.2, -0.15) is 0 Å². The van der Waals surface area contributed by atoms with Gasteiger partial charge in [-0.15, -0.1) is 0 Å². The number of amides is 1. The Labute approximate surface area is 153 Å². The zero-order valence-corrected chi connectivity index (χ0v) is 14.6. The molecule has 0 radical (unpaired) electrons. The van der Waals surface area contributed by atoms with E-state index < -0.39 is 53.0 Å². The lowest BCUT2D eigenvalue weighted by Gasteiger charge is -2.41. The summed E-state index contributed by atoms with van der Waals surface area (Å²) in [7, 11) is 0. The first-order valence-corrected chi connectivity index (χ1v) is 8.12. The lowest BCUT2D eigenvalue weighted by atomic mass is 9.77. The fourth-order valence-electron chi connectivity index (χ4n) is 2.79. The Morgan fingerprint density at radius 1 is 1.26 bits per heavy atom. The predicted molar refractivity (Wildman–Crippen MR) is 89.4 cm³/mol. The number of esters is 2. The van der Waals surface area contributed by atoms with Gasteiger partial charge < -0.3 is 15.2 Å². The van der Waals surface area contributed by atoms with Crippen LogP contribution in [0.1, 0.15) is 30.6 Å². The number of carbonyl (C=O) groups excluding carboxylic acids is 4. The zero-order chi connectivity index (χ0) is 20.3. The molecule has 0 saturated carbocycles. The average molecular weight is 378 g/mol. The second-order valence-electron chi connectivity index (χ2n) is 6.30. The molecule has 1 amide bonds. The van der Waals surface area contributed by atoms with Crippen LogP contribution < -0.4 is 5.32 Å². The van der Waals surface area contributed by atoms with Crippen LogP contribution in [0.15, 0.2) is 24.3 Å². The molecule has 1 fully saturated rings.